The summed E-state index contributed by atoms with van der Waals surface area (Å²) in [4.78, 5) is 14.1. The van der Waals surface area contributed by atoms with Crippen LogP contribution in [0.3, 0.4) is 0 Å². The summed E-state index contributed by atoms with van der Waals surface area (Å²) in [5, 5.41) is 3.10. The Labute approximate surface area is 121 Å². The van der Waals surface area contributed by atoms with E-state index >= 15 is 0 Å². The second-order valence-electron chi connectivity index (χ2n) is 5.40. The average molecular weight is 276 g/mol. The second kappa shape index (κ2) is 7.29. The highest BCUT2D eigenvalue weighted by Crippen LogP contribution is 2.17. The molecular formula is C16H24N2O2. The molecule has 0 saturated carbocycles. The number of amides is 1. The molecule has 1 saturated heterocycles. The Kier molecular flexibility index (Phi) is 5.41. The predicted molar refractivity (Wildman–Crippen MR) is 79.7 cm³/mol. The van der Waals surface area contributed by atoms with Gasteiger partial charge in [0, 0.05) is 19.1 Å². The summed E-state index contributed by atoms with van der Waals surface area (Å²) < 4.78 is 5.64. The Morgan fingerprint density at radius 1 is 1.45 bits per heavy atom. The zero-order chi connectivity index (χ0) is 14.4. The van der Waals surface area contributed by atoms with Crippen LogP contribution in [0.4, 0.5) is 0 Å². The Balaban J connectivity index is 1.87. The van der Waals surface area contributed by atoms with E-state index < -0.39 is 0 Å². The van der Waals surface area contributed by atoms with E-state index in [2.05, 4.69) is 12.2 Å². The van der Waals surface area contributed by atoms with Crippen molar-refractivity contribution in [2.45, 2.75) is 38.8 Å². The van der Waals surface area contributed by atoms with E-state index in [1.54, 1.807) is 0 Å². The van der Waals surface area contributed by atoms with Crippen molar-refractivity contribution in [1.82, 2.24) is 10.2 Å². The van der Waals surface area contributed by atoms with Crippen LogP contribution in [0.5, 0.6) is 5.75 Å². The van der Waals surface area contributed by atoms with Crippen LogP contribution in [-0.4, -0.2) is 37.0 Å². The van der Waals surface area contributed by atoms with Gasteiger partial charge in [-0.2, -0.15) is 0 Å². The van der Waals surface area contributed by atoms with Gasteiger partial charge < -0.3 is 15.0 Å². The van der Waals surface area contributed by atoms with Crippen molar-refractivity contribution in [3.8, 4) is 5.75 Å². The fourth-order valence-corrected chi connectivity index (χ4v) is 2.65. The monoisotopic (exact) mass is 276 g/mol. The van der Waals surface area contributed by atoms with Crippen LogP contribution in [-0.2, 0) is 11.3 Å². The molecule has 1 aliphatic heterocycles. The minimum atomic E-state index is 0.0937. The lowest BCUT2D eigenvalue weighted by Gasteiger charge is -2.33. The van der Waals surface area contributed by atoms with Crippen LogP contribution in [0.2, 0.25) is 0 Å². The molecule has 0 spiro atoms. The molecule has 1 amide bonds. The van der Waals surface area contributed by atoms with E-state index in [9.17, 15) is 4.79 Å². The average Bonchev–Trinajstić information content (AvgIpc) is 2.46. The number of likely N-dealkylation sites (tertiary alicyclic amines) is 1. The molecule has 4 nitrogen and oxygen atoms in total. The molecule has 0 aliphatic carbocycles. The minimum absolute atomic E-state index is 0.0937. The summed E-state index contributed by atoms with van der Waals surface area (Å²) >= 11 is 0. The van der Waals surface area contributed by atoms with Crippen LogP contribution in [0, 0.1) is 0 Å². The summed E-state index contributed by atoms with van der Waals surface area (Å²) in [5.74, 6) is 0.854. The first-order chi connectivity index (χ1) is 9.70. The quantitative estimate of drug-likeness (QED) is 0.896. The normalized spacial score (nSPS) is 18.9. The number of hydrogen-bond acceptors (Lipinski definition) is 3. The third kappa shape index (κ3) is 3.97. The Hall–Kier alpha value is -1.55. The van der Waals surface area contributed by atoms with Crippen molar-refractivity contribution in [2.24, 2.45) is 0 Å². The van der Waals surface area contributed by atoms with Crippen molar-refractivity contribution in [3.05, 3.63) is 29.8 Å². The van der Waals surface area contributed by atoms with E-state index in [0.29, 0.717) is 6.04 Å². The van der Waals surface area contributed by atoms with Gasteiger partial charge in [-0.25, -0.2) is 0 Å². The van der Waals surface area contributed by atoms with Crippen LogP contribution < -0.4 is 10.1 Å². The SMILES string of the molecule is CNCc1cccc(OCC(=O)N2CCCCC2C)c1. The molecule has 4 heteroatoms. The topological polar surface area (TPSA) is 41.6 Å². The number of benzene rings is 1. The fourth-order valence-electron chi connectivity index (χ4n) is 2.65. The lowest BCUT2D eigenvalue weighted by Crippen LogP contribution is -2.44. The number of rotatable bonds is 5. The summed E-state index contributed by atoms with van der Waals surface area (Å²) in [6, 6.07) is 8.21. The van der Waals surface area contributed by atoms with Crippen molar-refractivity contribution in [3.63, 3.8) is 0 Å². The van der Waals surface area contributed by atoms with Crippen LogP contribution >= 0.6 is 0 Å². The smallest absolute Gasteiger partial charge is 0.260 e. The fraction of sp³-hybridized carbons (Fsp3) is 0.562. The molecule has 1 heterocycles. The molecule has 0 bridgehead atoms. The maximum atomic E-state index is 12.2. The highest BCUT2D eigenvalue weighted by molar-refractivity contribution is 5.78. The maximum Gasteiger partial charge on any atom is 0.260 e. The summed E-state index contributed by atoms with van der Waals surface area (Å²) in [5.41, 5.74) is 1.16. The third-order valence-electron chi connectivity index (χ3n) is 3.76. The molecule has 2 rings (SSSR count). The summed E-state index contributed by atoms with van der Waals surface area (Å²) in [7, 11) is 1.91. The zero-order valence-electron chi connectivity index (χ0n) is 12.4. The molecule has 1 unspecified atom stereocenters. The van der Waals surface area contributed by atoms with Gasteiger partial charge in [0.05, 0.1) is 0 Å². The molecule has 1 atom stereocenters. The van der Waals surface area contributed by atoms with Crippen molar-refractivity contribution in [1.29, 1.82) is 0 Å². The lowest BCUT2D eigenvalue weighted by atomic mass is 10.0. The summed E-state index contributed by atoms with van der Waals surface area (Å²) in [6.07, 6.45) is 3.43. The first-order valence-corrected chi connectivity index (χ1v) is 7.36. The number of carbonyl (C=O) groups excluding carboxylic acids is 1. The lowest BCUT2D eigenvalue weighted by molar-refractivity contribution is -0.136. The predicted octanol–water partition coefficient (Wildman–Crippen LogP) is 2.19. The highest BCUT2D eigenvalue weighted by atomic mass is 16.5. The van der Waals surface area contributed by atoms with Crippen molar-refractivity contribution >= 4 is 5.91 Å². The van der Waals surface area contributed by atoms with E-state index in [4.69, 9.17) is 4.74 Å². The van der Waals surface area contributed by atoms with E-state index in [1.165, 1.54) is 6.42 Å². The van der Waals surface area contributed by atoms with Gasteiger partial charge in [-0.1, -0.05) is 12.1 Å². The van der Waals surface area contributed by atoms with Crippen LogP contribution in [0.15, 0.2) is 24.3 Å². The van der Waals surface area contributed by atoms with Gasteiger partial charge in [0.2, 0.25) is 0 Å². The van der Waals surface area contributed by atoms with Gasteiger partial charge in [-0.3, -0.25) is 4.79 Å². The zero-order valence-corrected chi connectivity index (χ0v) is 12.4. The Morgan fingerprint density at radius 2 is 2.30 bits per heavy atom. The van der Waals surface area contributed by atoms with Gasteiger partial charge in [0.15, 0.2) is 6.61 Å². The molecular weight excluding hydrogens is 252 g/mol. The largest absolute Gasteiger partial charge is 0.484 e. The number of piperidine rings is 1. The van der Waals surface area contributed by atoms with Crippen molar-refractivity contribution < 1.29 is 9.53 Å². The van der Waals surface area contributed by atoms with Crippen LogP contribution in [0.25, 0.3) is 0 Å². The molecule has 1 aromatic carbocycles. The van der Waals surface area contributed by atoms with Gasteiger partial charge in [-0.05, 0) is 50.9 Å². The third-order valence-corrected chi connectivity index (χ3v) is 3.76. The standard InChI is InChI=1S/C16H24N2O2/c1-13-6-3-4-9-18(13)16(19)12-20-15-8-5-7-14(10-15)11-17-2/h5,7-8,10,13,17H,3-4,6,9,11-12H2,1-2H3. The van der Waals surface area contributed by atoms with Crippen LogP contribution in [0.1, 0.15) is 31.7 Å². The highest BCUT2D eigenvalue weighted by Gasteiger charge is 2.23. The first kappa shape index (κ1) is 14.9. The number of nitrogens with zero attached hydrogens (tertiary/aromatic N) is 1. The Morgan fingerprint density at radius 3 is 3.05 bits per heavy atom. The molecule has 1 fully saturated rings. The first-order valence-electron chi connectivity index (χ1n) is 7.36. The molecule has 1 aromatic rings. The number of ether oxygens (including phenoxy) is 1. The van der Waals surface area contributed by atoms with Gasteiger partial charge in [-0.15, -0.1) is 0 Å². The molecule has 1 aliphatic rings. The molecule has 1 N–H and O–H groups in total. The van der Waals surface area contributed by atoms with E-state index in [1.807, 2.05) is 36.2 Å². The summed E-state index contributed by atoms with van der Waals surface area (Å²) in [6.45, 7) is 3.91. The Bertz CT molecular complexity index is 448. The molecule has 20 heavy (non-hydrogen) atoms. The number of hydrogen-bond donors (Lipinski definition) is 1. The molecule has 110 valence electrons. The van der Waals surface area contributed by atoms with E-state index in [-0.39, 0.29) is 12.5 Å². The van der Waals surface area contributed by atoms with Gasteiger partial charge >= 0.3 is 0 Å². The minimum Gasteiger partial charge on any atom is -0.484 e. The number of nitrogens with one attached hydrogen (secondary N) is 1. The molecule has 0 aromatic heterocycles. The van der Waals surface area contributed by atoms with E-state index in [0.717, 1.165) is 37.2 Å². The number of carbonyl (C=O) groups is 1. The van der Waals surface area contributed by atoms with Gasteiger partial charge in [0.25, 0.3) is 5.91 Å². The van der Waals surface area contributed by atoms with Crippen molar-refractivity contribution in [2.75, 3.05) is 20.2 Å². The molecule has 0 radical (unpaired) electrons. The maximum absolute atomic E-state index is 12.2. The van der Waals surface area contributed by atoms with Gasteiger partial charge in [0.1, 0.15) is 5.75 Å². The second-order valence-corrected chi connectivity index (χ2v) is 5.40.